The number of imidazole rings is 1. The van der Waals surface area contributed by atoms with Gasteiger partial charge in [0.1, 0.15) is 11.4 Å². The van der Waals surface area contributed by atoms with Gasteiger partial charge in [0.05, 0.1) is 18.0 Å². The lowest BCUT2D eigenvalue weighted by molar-refractivity contribution is 0.230. The van der Waals surface area contributed by atoms with Crippen molar-refractivity contribution < 1.29 is 4.74 Å². The van der Waals surface area contributed by atoms with Crippen LogP contribution in [0.25, 0.3) is 16.9 Å². The molecule has 0 bridgehead atoms. The van der Waals surface area contributed by atoms with Crippen molar-refractivity contribution in [2.24, 2.45) is 0 Å². The van der Waals surface area contributed by atoms with Crippen molar-refractivity contribution >= 4 is 5.65 Å². The maximum absolute atomic E-state index is 5.57. The quantitative estimate of drug-likeness (QED) is 0.778. The van der Waals surface area contributed by atoms with Gasteiger partial charge in [-0.2, -0.15) is 0 Å². The van der Waals surface area contributed by atoms with Crippen molar-refractivity contribution in [2.75, 3.05) is 32.8 Å². The van der Waals surface area contributed by atoms with Gasteiger partial charge >= 0.3 is 0 Å². The molecule has 0 spiro atoms. The summed E-state index contributed by atoms with van der Waals surface area (Å²) in [5, 5.41) is 3.42. The summed E-state index contributed by atoms with van der Waals surface area (Å²) in [5.41, 5.74) is 4.45. The van der Waals surface area contributed by atoms with E-state index in [-0.39, 0.29) is 0 Å². The second-order valence-electron chi connectivity index (χ2n) is 6.32. The predicted molar refractivity (Wildman–Crippen MR) is 99.9 cm³/mol. The molecular formula is C20H24N4O. The van der Waals surface area contributed by atoms with Crippen molar-refractivity contribution in [3.8, 4) is 17.0 Å². The SMILES string of the molecule is CCOc1ccc(-c2nc3ccccn3c2CN2CCNCC2)cc1. The van der Waals surface area contributed by atoms with Gasteiger partial charge < -0.3 is 14.5 Å². The van der Waals surface area contributed by atoms with Crippen LogP contribution in [0.1, 0.15) is 12.6 Å². The highest BCUT2D eigenvalue weighted by Crippen LogP contribution is 2.27. The molecule has 5 nitrogen and oxygen atoms in total. The van der Waals surface area contributed by atoms with Gasteiger partial charge in [-0.15, -0.1) is 0 Å². The van der Waals surface area contributed by atoms with Crippen molar-refractivity contribution in [3.63, 3.8) is 0 Å². The second kappa shape index (κ2) is 7.25. The molecule has 25 heavy (non-hydrogen) atoms. The topological polar surface area (TPSA) is 41.8 Å². The number of ether oxygens (including phenoxy) is 1. The molecule has 5 heteroatoms. The Hall–Kier alpha value is -2.37. The van der Waals surface area contributed by atoms with Crippen LogP contribution in [0.4, 0.5) is 0 Å². The molecule has 4 rings (SSSR count). The number of aromatic nitrogens is 2. The van der Waals surface area contributed by atoms with Gasteiger partial charge in [0, 0.05) is 44.5 Å². The molecule has 1 aliphatic heterocycles. The molecule has 0 radical (unpaired) electrons. The number of rotatable bonds is 5. The smallest absolute Gasteiger partial charge is 0.137 e. The Kier molecular flexibility index (Phi) is 4.68. The molecule has 1 fully saturated rings. The molecule has 1 aliphatic rings. The average molecular weight is 336 g/mol. The zero-order valence-electron chi connectivity index (χ0n) is 14.6. The number of fused-ring (bicyclic) bond motifs is 1. The van der Waals surface area contributed by atoms with Crippen molar-refractivity contribution in [1.29, 1.82) is 0 Å². The van der Waals surface area contributed by atoms with Crippen LogP contribution >= 0.6 is 0 Å². The number of piperazine rings is 1. The fraction of sp³-hybridized carbons (Fsp3) is 0.350. The van der Waals surface area contributed by atoms with Crippen LogP contribution in [0.5, 0.6) is 5.75 Å². The highest BCUT2D eigenvalue weighted by atomic mass is 16.5. The molecule has 0 amide bonds. The van der Waals surface area contributed by atoms with Crippen LogP contribution in [0.3, 0.4) is 0 Å². The van der Waals surface area contributed by atoms with Crippen LogP contribution in [0, 0.1) is 0 Å². The third-order valence-corrected chi connectivity index (χ3v) is 4.65. The van der Waals surface area contributed by atoms with E-state index < -0.39 is 0 Å². The van der Waals surface area contributed by atoms with E-state index in [1.165, 1.54) is 5.69 Å². The van der Waals surface area contributed by atoms with Gasteiger partial charge in [-0.1, -0.05) is 6.07 Å². The van der Waals surface area contributed by atoms with E-state index in [1.807, 2.05) is 25.1 Å². The first-order valence-corrected chi connectivity index (χ1v) is 8.97. The van der Waals surface area contributed by atoms with Crippen LogP contribution in [-0.2, 0) is 6.54 Å². The van der Waals surface area contributed by atoms with E-state index >= 15 is 0 Å². The molecule has 3 aromatic rings. The molecule has 1 N–H and O–H groups in total. The number of nitrogens with zero attached hydrogens (tertiary/aromatic N) is 3. The van der Waals surface area contributed by atoms with Crippen LogP contribution in [0.15, 0.2) is 48.7 Å². The summed E-state index contributed by atoms with van der Waals surface area (Å²) in [6.45, 7) is 7.84. The second-order valence-corrected chi connectivity index (χ2v) is 6.32. The van der Waals surface area contributed by atoms with Gasteiger partial charge in [0.2, 0.25) is 0 Å². The van der Waals surface area contributed by atoms with Crippen LogP contribution in [0.2, 0.25) is 0 Å². The fourth-order valence-corrected chi connectivity index (χ4v) is 3.39. The standard InChI is InChI=1S/C20H24N4O/c1-2-25-17-8-6-16(7-9-17)20-18(15-23-13-10-21-11-14-23)24-12-4-3-5-19(24)22-20/h3-9,12,21H,2,10-11,13-15H2,1H3. The van der Waals surface area contributed by atoms with Gasteiger partial charge in [-0.3, -0.25) is 4.90 Å². The predicted octanol–water partition coefficient (Wildman–Crippen LogP) is 2.81. The molecule has 0 saturated carbocycles. The maximum atomic E-state index is 5.57. The zero-order chi connectivity index (χ0) is 17.1. The van der Waals surface area contributed by atoms with E-state index in [4.69, 9.17) is 9.72 Å². The number of hydrogen-bond acceptors (Lipinski definition) is 4. The highest BCUT2D eigenvalue weighted by molar-refractivity contribution is 5.67. The van der Waals surface area contributed by atoms with Gasteiger partial charge in [0.15, 0.2) is 0 Å². The maximum Gasteiger partial charge on any atom is 0.137 e. The highest BCUT2D eigenvalue weighted by Gasteiger charge is 2.18. The number of hydrogen-bond donors (Lipinski definition) is 1. The Labute approximate surface area is 148 Å². The van der Waals surface area contributed by atoms with Gasteiger partial charge in [0.25, 0.3) is 0 Å². The molecule has 0 atom stereocenters. The Morgan fingerprint density at radius 1 is 1.08 bits per heavy atom. The molecule has 2 aromatic heterocycles. The minimum atomic E-state index is 0.682. The van der Waals surface area contributed by atoms with Crippen molar-refractivity contribution in [2.45, 2.75) is 13.5 Å². The Morgan fingerprint density at radius 3 is 2.64 bits per heavy atom. The fourth-order valence-electron chi connectivity index (χ4n) is 3.39. The van der Waals surface area contributed by atoms with Gasteiger partial charge in [-0.05, 0) is 43.3 Å². The third-order valence-electron chi connectivity index (χ3n) is 4.65. The lowest BCUT2D eigenvalue weighted by Crippen LogP contribution is -2.43. The Bertz CT molecular complexity index is 835. The first-order valence-electron chi connectivity index (χ1n) is 8.97. The number of nitrogens with one attached hydrogen (secondary N) is 1. The Balaban J connectivity index is 1.72. The van der Waals surface area contributed by atoms with Crippen LogP contribution in [-0.4, -0.2) is 47.1 Å². The lowest BCUT2D eigenvalue weighted by Gasteiger charge is -2.27. The molecule has 0 unspecified atom stereocenters. The normalized spacial score (nSPS) is 15.6. The largest absolute Gasteiger partial charge is 0.494 e. The minimum Gasteiger partial charge on any atom is -0.494 e. The molecule has 1 aromatic carbocycles. The van der Waals surface area contributed by atoms with Crippen molar-refractivity contribution in [3.05, 3.63) is 54.4 Å². The molecule has 1 saturated heterocycles. The summed E-state index contributed by atoms with van der Waals surface area (Å²) in [6.07, 6.45) is 2.11. The van der Waals surface area contributed by atoms with E-state index in [1.54, 1.807) is 0 Å². The first-order chi connectivity index (χ1) is 12.3. The van der Waals surface area contributed by atoms with Crippen LogP contribution < -0.4 is 10.1 Å². The molecule has 0 aliphatic carbocycles. The lowest BCUT2D eigenvalue weighted by atomic mass is 10.1. The molecular weight excluding hydrogens is 312 g/mol. The summed E-state index contributed by atoms with van der Waals surface area (Å²) >= 11 is 0. The summed E-state index contributed by atoms with van der Waals surface area (Å²) < 4.78 is 7.78. The van der Waals surface area contributed by atoms with Crippen molar-refractivity contribution in [1.82, 2.24) is 19.6 Å². The number of pyridine rings is 1. The van der Waals surface area contributed by atoms with E-state index in [2.05, 4.69) is 45.1 Å². The minimum absolute atomic E-state index is 0.682. The number of benzene rings is 1. The average Bonchev–Trinajstić information content (AvgIpc) is 3.02. The van der Waals surface area contributed by atoms with E-state index in [0.717, 1.165) is 55.4 Å². The summed E-state index contributed by atoms with van der Waals surface area (Å²) in [4.78, 5) is 7.40. The van der Waals surface area contributed by atoms with Gasteiger partial charge in [-0.25, -0.2) is 4.98 Å². The van der Waals surface area contributed by atoms with E-state index in [9.17, 15) is 0 Å². The zero-order valence-corrected chi connectivity index (χ0v) is 14.6. The molecule has 130 valence electrons. The third kappa shape index (κ3) is 3.38. The summed E-state index contributed by atoms with van der Waals surface area (Å²) in [6, 6.07) is 14.4. The molecule has 3 heterocycles. The summed E-state index contributed by atoms with van der Waals surface area (Å²) in [5.74, 6) is 0.902. The summed E-state index contributed by atoms with van der Waals surface area (Å²) in [7, 11) is 0. The Morgan fingerprint density at radius 2 is 1.88 bits per heavy atom. The van der Waals surface area contributed by atoms with E-state index in [0.29, 0.717) is 6.61 Å². The monoisotopic (exact) mass is 336 g/mol. The first kappa shape index (κ1) is 16.1.